The molecule has 2 aromatic rings. The van der Waals surface area contributed by atoms with Gasteiger partial charge in [0.2, 0.25) is 0 Å². The zero-order valence-electron chi connectivity index (χ0n) is 10.9. The average Bonchev–Trinajstić information content (AvgIpc) is 2.85. The van der Waals surface area contributed by atoms with Gasteiger partial charge < -0.3 is 5.32 Å². The standard InChI is InChI=1S/C14H16N2O2S/c1-10-5-3-4-6-13(10)11(2)15-8-12-7-14(16(17)18)19-9-12/h3-7,9,11,15H,8H2,1-2H3/t11-/m1/s1. The molecule has 1 aromatic heterocycles. The van der Waals surface area contributed by atoms with Gasteiger partial charge in [-0.1, -0.05) is 35.6 Å². The van der Waals surface area contributed by atoms with Crippen molar-refractivity contribution in [1.29, 1.82) is 0 Å². The van der Waals surface area contributed by atoms with Crippen molar-refractivity contribution in [3.05, 3.63) is 62.5 Å². The van der Waals surface area contributed by atoms with Gasteiger partial charge in [0.25, 0.3) is 0 Å². The molecule has 0 aliphatic heterocycles. The maximum Gasteiger partial charge on any atom is 0.324 e. The Morgan fingerprint density at radius 2 is 2.16 bits per heavy atom. The van der Waals surface area contributed by atoms with E-state index < -0.39 is 0 Å². The lowest BCUT2D eigenvalue weighted by Gasteiger charge is -2.15. The van der Waals surface area contributed by atoms with E-state index >= 15 is 0 Å². The summed E-state index contributed by atoms with van der Waals surface area (Å²) in [6.07, 6.45) is 0. The van der Waals surface area contributed by atoms with E-state index in [1.54, 1.807) is 6.07 Å². The lowest BCUT2D eigenvalue weighted by atomic mass is 10.0. The number of aryl methyl sites for hydroxylation is 1. The Morgan fingerprint density at radius 1 is 1.42 bits per heavy atom. The maximum absolute atomic E-state index is 10.6. The molecule has 0 bridgehead atoms. The first-order valence-corrected chi connectivity index (χ1v) is 6.96. The predicted molar refractivity (Wildman–Crippen MR) is 77.4 cm³/mol. The second kappa shape index (κ2) is 5.95. The Balaban J connectivity index is 1.98. The fraction of sp³-hybridized carbons (Fsp3) is 0.286. The molecule has 0 spiro atoms. The van der Waals surface area contributed by atoms with E-state index in [-0.39, 0.29) is 16.0 Å². The molecule has 0 saturated heterocycles. The predicted octanol–water partition coefficient (Wildman–Crippen LogP) is 3.82. The summed E-state index contributed by atoms with van der Waals surface area (Å²) in [5.74, 6) is 0. The van der Waals surface area contributed by atoms with E-state index in [0.717, 1.165) is 5.56 Å². The third kappa shape index (κ3) is 3.39. The molecule has 0 amide bonds. The van der Waals surface area contributed by atoms with Gasteiger partial charge in [-0.25, -0.2) is 0 Å². The molecule has 100 valence electrons. The van der Waals surface area contributed by atoms with Crippen molar-refractivity contribution in [2.75, 3.05) is 0 Å². The van der Waals surface area contributed by atoms with Crippen molar-refractivity contribution in [1.82, 2.24) is 5.32 Å². The van der Waals surface area contributed by atoms with E-state index in [1.807, 2.05) is 17.5 Å². The number of hydrogen-bond donors (Lipinski definition) is 1. The average molecular weight is 276 g/mol. The third-order valence-electron chi connectivity index (χ3n) is 3.09. The van der Waals surface area contributed by atoms with Crippen molar-refractivity contribution in [3.8, 4) is 0 Å². The Bertz CT molecular complexity index is 580. The van der Waals surface area contributed by atoms with Crippen LogP contribution in [0.15, 0.2) is 35.7 Å². The number of nitro groups is 1. The molecule has 1 N–H and O–H groups in total. The number of nitrogens with zero attached hydrogens (tertiary/aromatic N) is 1. The number of hydrogen-bond acceptors (Lipinski definition) is 4. The highest BCUT2D eigenvalue weighted by Crippen LogP contribution is 2.23. The van der Waals surface area contributed by atoms with Gasteiger partial charge in [0, 0.05) is 24.0 Å². The summed E-state index contributed by atoms with van der Waals surface area (Å²) >= 11 is 1.17. The van der Waals surface area contributed by atoms with E-state index in [1.165, 1.54) is 22.5 Å². The smallest absolute Gasteiger partial charge is 0.306 e. The van der Waals surface area contributed by atoms with Crippen molar-refractivity contribution in [3.63, 3.8) is 0 Å². The topological polar surface area (TPSA) is 55.2 Å². The zero-order valence-corrected chi connectivity index (χ0v) is 11.7. The van der Waals surface area contributed by atoms with E-state index in [9.17, 15) is 10.1 Å². The van der Waals surface area contributed by atoms with Gasteiger partial charge in [0.1, 0.15) is 0 Å². The molecule has 5 heteroatoms. The van der Waals surface area contributed by atoms with Crippen LogP contribution < -0.4 is 5.32 Å². The lowest BCUT2D eigenvalue weighted by molar-refractivity contribution is -0.380. The first kappa shape index (κ1) is 13.7. The number of rotatable bonds is 5. The molecule has 0 aliphatic rings. The Kier molecular flexibility index (Phi) is 4.29. The highest BCUT2D eigenvalue weighted by atomic mass is 32.1. The highest BCUT2D eigenvalue weighted by Gasteiger charge is 2.11. The molecular weight excluding hydrogens is 260 g/mol. The van der Waals surface area contributed by atoms with E-state index in [2.05, 4.69) is 31.3 Å². The molecule has 2 rings (SSSR count). The van der Waals surface area contributed by atoms with Crippen LogP contribution in [0.25, 0.3) is 0 Å². The summed E-state index contributed by atoms with van der Waals surface area (Å²) in [6, 6.07) is 10.1. The first-order chi connectivity index (χ1) is 9.08. The minimum atomic E-state index is -0.348. The molecule has 1 atom stereocenters. The largest absolute Gasteiger partial charge is 0.324 e. The van der Waals surface area contributed by atoms with Gasteiger partial charge in [0.05, 0.1) is 4.92 Å². The highest BCUT2D eigenvalue weighted by molar-refractivity contribution is 7.13. The SMILES string of the molecule is Cc1ccccc1[C@@H](C)NCc1csc([N+](=O)[O-])c1. The fourth-order valence-corrected chi connectivity index (χ4v) is 2.73. The van der Waals surface area contributed by atoms with Gasteiger partial charge in [-0.05, 0) is 30.5 Å². The van der Waals surface area contributed by atoms with Crippen LogP contribution in [-0.4, -0.2) is 4.92 Å². The second-order valence-electron chi connectivity index (χ2n) is 4.51. The maximum atomic E-state index is 10.6. The van der Waals surface area contributed by atoms with Gasteiger partial charge in [0.15, 0.2) is 0 Å². The molecule has 19 heavy (non-hydrogen) atoms. The lowest BCUT2D eigenvalue weighted by Crippen LogP contribution is -2.18. The van der Waals surface area contributed by atoms with Gasteiger partial charge in [-0.3, -0.25) is 10.1 Å². The normalized spacial score (nSPS) is 12.3. The molecule has 0 radical (unpaired) electrons. The van der Waals surface area contributed by atoms with Crippen LogP contribution >= 0.6 is 11.3 Å². The summed E-state index contributed by atoms with van der Waals surface area (Å²) in [4.78, 5) is 10.3. The Morgan fingerprint density at radius 3 is 2.79 bits per heavy atom. The molecular formula is C14H16N2O2S. The van der Waals surface area contributed by atoms with Crippen molar-refractivity contribution < 1.29 is 4.92 Å². The zero-order chi connectivity index (χ0) is 13.8. The van der Waals surface area contributed by atoms with Crippen LogP contribution in [0.5, 0.6) is 0 Å². The van der Waals surface area contributed by atoms with Crippen LogP contribution in [0.4, 0.5) is 5.00 Å². The molecule has 4 nitrogen and oxygen atoms in total. The Hall–Kier alpha value is -1.72. The van der Waals surface area contributed by atoms with E-state index in [4.69, 9.17) is 0 Å². The van der Waals surface area contributed by atoms with Crippen LogP contribution in [-0.2, 0) is 6.54 Å². The molecule has 0 aliphatic carbocycles. The first-order valence-electron chi connectivity index (χ1n) is 6.08. The van der Waals surface area contributed by atoms with Crippen molar-refractivity contribution in [2.24, 2.45) is 0 Å². The molecule has 1 heterocycles. The van der Waals surface area contributed by atoms with Crippen LogP contribution in [0.3, 0.4) is 0 Å². The quantitative estimate of drug-likeness (QED) is 0.667. The minimum absolute atomic E-state index is 0.195. The van der Waals surface area contributed by atoms with Gasteiger partial charge in [-0.2, -0.15) is 0 Å². The van der Waals surface area contributed by atoms with Crippen LogP contribution in [0, 0.1) is 17.0 Å². The molecule has 0 unspecified atom stereocenters. The third-order valence-corrected chi connectivity index (χ3v) is 4.02. The molecule has 0 fully saturated rings. The van der Waals surface area contributed by atoms with Gasteiger partial charge >= 0.3 is 5.00 Å². The number of thiophene rings is 1. The monoisotopic (exact) mass is 276 g/mol. The molecule has 0 saturated carbocycles. The van der Waals surface area contributed by atoms with E-state index in [0.29, 0.717) is 6.54 Å². The minimum Gasteiger partial charge on any atom is -0.306 e. The molecule has 1 aromatic carbocycles. The van der Waals surface area contributed by atoms with Crippen molar-refractivity contribution >= 4 is 16.3 Å². The summed E-state index contributed by atoms with van der Waals surface area (Å²) < 4.78 is 0. The summed E-state index contributed by atoms with van der Waals surface area (Å²) in [5.41, 5.74) is 3.46. The number of benzene rings is 1. The van der Waals surface area contributed by atoms with Crippen LogP contribution in [0.1, 0.15) is 29.7 Å². The van der Waals surface area contributed by atoms with Crippen molar-refractivity contribution in [2.45, 2.75) is 26.4 Å². The summed E-state index contributed by atoms with van der Waals surface area (Å²) in [5, 5.41) is 16.0. The van der Waals surface area contributed by atoms with Crippen LogP contribution in [0.2, 0.25) is 0 Å². The summed E-state index contributed by atoms with van der Waals surface area (Å²) in [7, 11) is 0. The fourth-order valence-electron chi connectivity index (χ4n) is 2.00. The Labute approximate surface area is 116 Å². The van der Waals surface area contributed by atoms with Gasteiger partial charge in [-0.15, -0.1) is 0 Å². The second-order valence-corrected chi connectivity index (χ2v) is 5.40. The number of nitrogens with one attached hydrogen (secondary N) is 1. The summed E-state index contributed by atoms with van der Waals surface area (Å²) in [6.45, 7) is 4.83.